The zero-order chi connectivity index (χ0) is 24.1. The van der Waals surface area contributed by atoms with E-state index in [-0.39, 0.29) is 94.5 Å². The second kappa shape index (κ2) is 10.7. The molecule has 0 aliphatic heterocycles. The Morgan fingerprint density at radius 1 is 1.06 bits per heavy atom. The zero-order valence-electron chi connectivity index (χ0n) is 21.3. The van der Waals surface area contributed by atoms with Gasteiger partial charge in [0.25, 0.3) is 0 Å². The van der Waals surface area contributed by atoms with E-state index < -0.39 is 18.6 Å². The Balaban J connectivity index is 0.00000324. The fraction of sp³-hybridized carbons (Fsp3) is 0.923. The number of amides is 1. The Bertz CT molecular complexity index is 766. The third kappa shape index (κ3) is 4.87. The van der Waals surface area contributed by atoms with Crippen LogP contribution in [-0.2, 0) is 9.59 Å². The summed E-state index contributed by atoms with van der Waals surface area (Å²) in [5, 5.41) is 46.1. The molecule has 7 nitrogen and oxygen atoms in total. The minimum atomic E-state index is -1.29. The Morgan fingerprint density at radius 2 is 1.76 bits per heavy atom. The molecular weight excluding hydrogens is 445 g/mol. The van der Waals surface area contributed by atoms with Gasteiger partial charge in [0, 0.05) is 6.42 Å². The van der Waals surface area contributed by atoms with Gasteiger partial charge in [-0.1, -0.05) is 20.8 Å². The van der Waals surface area contributed by atoms with Gasteiger partial charge >= 0.3 is 29.6 Å². The van der Waals surface area contributed by atoms with Gasteiger partial charge in [-0.2, -0.15) is 0 Å². The van der Waals surface area contributed by atoms with E-state index in [0.29, 0.717) is 18.8 Å². The second-order valence-corrected chi connectivity index (χ2v) is 12.2. The first-order valence-corrected chi connectivity index (χ1v) is 13.0. The largest absolute Gasteiger partial charge is 1.00 e. The summed E-state index contributed by atoms with van der Waals surface area (Å²) in [4.78, 5) is 22.6. The normalized spacial score (nSPS) is 46.3. The van der Waals surface area contributed by atoms with Crippen LogP contribution in [0.2, 0.25) is 0 Å². The van der Waals surface area contributed by atoms with Crippen molar-refractivity contribution < 1.29 is 59.6 Å². The van der Waals surface area contributed by atoms with E-state index in [4.69, 9.17) is 0 Å². The Morgan fingerprint density at radius 3 is 2.44 bits per heavy atom. The van der Waals surface area contributed by atoms with Gasteiger partial charge in [0.05, 0.1) is 30.8 Å². The number of aliphatic hydroxyl groups excluding tert-OH is 3. The molecule has 1 amide bonds. The van der Waals surface area contributed by atoms with Crippen molar-refractivity contribution in [1.29, 1.82) is 0 Å². The van der Waals surface area contributed by atoms with Crippen molar-refractivity contribution in [2.24, 2.45) is 46.3 Å². The molecule has 0 spiro atoms. The Labute approximate surface area is 225 Å². The average molecular weight is 488 g/mol. The van der Waals surface area contributed by atoms with Crippen molar-refractivity contribution in [1.82, 2.24) is 5.32 Å². The van der Waals surface area contributed by atoms with Gasteiger partial charge in [-0.15, -0.1) is 0 Å². The summed E-state index contributed by atoms with van der Waals surface area (Å²) in [6.45, 7) is 6.21. The molecule has 4 aliphatic rings. The predicted molar refractivity (Wildman–Crippen MR) is 120 cm³/mol. The smallest absolute Gasteiger partial charge is 0.548 e. The van der Waals surface area contributed by atoms with Crippen molar-refractivity contribution in [3.8, 4) is 0 Å². The molecule has 4 N–H and O–H groups in total. The summed E-state index contributed by atoms with van der Waals surface area (Å²) < 4.78 is 0. The summed E-state index contributed by atoms with van der Waals surface area (Å²) in [5.41, 5.74) is -0.230. The van der Waals surface area contributed by atoms with Gasteiger partial charge < -0.3 is 30.5 Å². The predicted octanol–water partition coefficient (Wildman–Crippen LogP) is -1.77. The van der Waals surface area contributed by atoms with Crippen LogP contribution in [0.5, 0.6) is 0 Å². The standard InChI is InChI=1S/C26H43NO6.Na/c1-14(4-7-22(31)27-13-23(32)33)17-5-6-18-24-19(12-21(30)26(17,18)3)25(2)9-8-16(28)10-15(25)11-20(24)29;/h14-21,24,28-30H,4-13H2,1-3H3,(H,27,31)(H,32,33);/q;+1/p-1/t14-,15+,16-,17-,18+,19+,20-,21+,24+,25-,26+;/m1./s1. The number of carboxylic acids is 1. The van der Waals surface area contributed by atoms with Crippen LogP contribution in [0.4, 0.5) is 0 Å². The van der Waals surface area contributed by atoms with Crippen LogP contribution in [0.15, 0.2) is 0 Å². The van der Waals surface area contributed by atoms with Gasteiger partial charge in [-0.25, -0.2) is 0 Å². The van der Waals surface area contributed by atoms with E-state index in [2.05, 4.69) is 26.1 Å². The van der Waals surface area contributed by atoms with Crippen LogP contribution in [0.1, 0.15) is 78.6 Å². The molecule has 0 aromatic rings. The van der Waals surface area contributed by atoms with E-state index in [1.165, 1.54) is 0 Å². The van der Waals surface area contributed by atoms with Crippen LogP contribution in [0.25, 0.3) is 0 Å². The van der Waals surface area contributed by atoms with Gasteiger partial charge in [0.15, 0.2) is 0 Å². The molecule has 0 aromatic heterocycles. The summed E-state index contributed by atoms with van der Waals surface area (Å²) in [6.07, 6.45) is 5.75. The number of nitrogens with one attached hydrogen (secondary N) is 1. The van der Waals surface area contributed by atoms with Gasteiger partial charge in [-0.05, 0) is 97.7 Å². The summed E-state index contributed by atoms with van der Waals surface area (Å²) in [6, 6.07) is 0. The van der Waals surface area contributed by atoms with Crippen molar-refractivity contribution in [2.75, 3.05) is 6.54 Å². The minimum Gasteiger partial charge on any atom is -0.548 e. The minimum absolute atomic E-state index is 0. The second-order valence-electron chi connectivity index (χ2n) is 12.2. The molecule has 4 fully saturated rings. The van der Waals surface area contributed by atoms with E-state index >= 15 is 0 Å². The van der Waals surface area contributed by atoms with Crippen molar-refractivity contribution in [3.63, 3.8) is 0 Å². The van der Waals surface area contributed by atoms with Crippen LogP contribution in [0, 0.1) is 46.3 Å². The molecular formula is C26H42NNaO6. The number of aliphatic hydroxyl groups is 3. The van der Waals surface area contributed by atoms with Crippen LogP contribution < -0.4 is 40.0 Å². The number of aliphatic carboxylic acids is 1. The summed E-state index contributed by atoms with van der Waals surface area (Å²) in [7, 11) is 0. The number of hydrogen-bond donors (Lipinski definition) is 4. The van der Waals surface area contributed by atoms with Gasteiger partial charge in [-0.3, -0.25) is 4.79 Å². The molecule has 0 bridgehead atoms. The maximum atomic E-state index is 12.0. The third-order valence-electron chi connectivity index (χ3n) is 10.8. The van der Waals surface area contributed by atoms with Crippen molar-refractivity contribution >= 4 is 11.9 Å². The van der Waals surface area contributed by atoms with Crippen molar-refractivity contribution in [2.45, 2.75) is 96.9 Å². The van der Waals surface area contributed by atoms with Crippen LogP contribution >= 0.6 is 0 Å². The van der Waals surface area contributed by atoms with Gasteiger partial charge in [0.1, 0.15) is 0 Å². The topological polar surface area (TPSA) is 130 Å². The molecule has 8 heteroatoms. The monoisotopic (exact) mass is 487 g/mol. The molecule has 11 atom stereocenters. The van der Waals surface area contributed by atoms with Crippen LogP contribution in [-0.4, -0.2) is 52.1 Å². The first-order valence-electron chi connectivity index (χ1n) is 13.0. The maximum absolute atomic E-state index is 12.0. The molecule has 0 radical (unpaired) electrons. The molecule has 0 heterocycles. The number of carbonyl (C=O) groups is 2. The van der Waals surface area contributed by atoms with E-state index in [1.54, 1.807) is 0 Å². The fourth-order valence-electron chi connectivity index (χ4n) is 8.95. The molecule has 0 unspecified atom stereocenters. The number of rotatable bonds is 6. The first-order chi connectivity index (χ1) is 15.5. The number of carboxylic acid groups (broad SMARTS) is 1. The maximum Gasteiger partial charge on any atom is 1.00 e. The molecule has 188 valence electrons. The zero-order valence-corrected chi connectivity index (χ0v) is 23.3. The quantitative estimate of drug-likeness (QED) is 0.328. The number of hydrogen-bond acceptors (Lipinski definition) is 6. The SMILES string of the molecule is C[C@H](CCC(=O)NCC(=O)[O-])[C@H]1CC[C@H]2[C@@H]3[C@H](O)C[C@@H]4C[C@H](O)CC[C@@]4(C)[C@H]3C[C@H](O)[C@@]12C.[Na+]. The number of fused-ring (bicyclic) bond motifs is 5. The molecule has 4 aliphatic carbocycles. The van der Waals surface area contributed by atoms with E-state index in [9.17, 15) is 30.0 Å². The average Bonchev–Trinajstić information content (AvgIpc) is 3.11. The Hall–Kier alpha value is -0.180. The van der Waals surface area contributed by atoms with E-state index in [0.717, 1.165) is 38.5 Å². The van der Waals surface area contributed by atoms with E-state index in [1.807, 2.05) is 0 Å². The third-order valence-corrected chi connectivity index (χ3v) is 10.8. The number of carbonyl (C=O) groups excluding carboxylic acids is 2. The molecule has 4 rings (SSSR count). The summed E-state index contributed by atoms with van der Waals surface area (Å²) >= 11 is 0. The summed E-state index contributed by atoms with van der Waals surface area (Å²) in [5.74, 6) is -0.0789. The van der Waals surface area contributed by atoms with Crippen LogP contribution in [0.3, 0.4) is 0 Å². The first kappa shape index (κ1) is 28.4. The molecule has 4 saturated carbocycles. The molecule has 34 heavy (non-hydrogen) atoms. The fourth-order valence-corrected chi connectivity index (χ4v) is 8.95. The molecule has 0 aromatic carbocycles. The van der Waals surface area contributed by atoms with Gasteiger partial charge in [0.2, 0.25) is 5.91 Å². The molecule has 0 saturated heterocycles. The van der Waals surface area contributed by atoms with Crippen molar-refractivity contribution in [3.05, 3.63) is 0 Å². The Kier molecular flexibility index (Phi) is 8.91.